The Hall–Kier alpha value is -0.280. The summed E-state index contributed by atoms with van der Waals surface area (Å²) in [6.07, 6.45) is 1.82. The Balaban J connectivity index is 3.64. The summed E-state index contributed by atoms with van der Waals surface area (Å²) >= 11 is 5.68. The molecule has 3 nitrogen and oxygen atoms in total. The lowest BCUT2D eigenvalue weighted by Gasteiger charge is -2.20. The van der Waals surface area contributed by atoms with E-state index in [0.717, 1.165) is 12.8 Å². The Morgan fingerprint density at radius 1 is 1.53 bits per heavy atom. The van der Waals surface area contributed by atoms with Crippen molar-refractivity contribution in [2.45, 2.75) is 33.6 Å². The zero-order chi connectivity index (χ0) is 11.9. The predicted molar refractivity (Wildman–Crippen MR) is 63.0 cm³/mol. The molecule has 15 heavy (non-hydrogen) atoms. The smallest absolute Gasteiger partial charge is 0.226 e. The number of halogens is 1. The van der Waals surface area contributed by atoms with Crippen LogP contribution in [0.4, 0.5) is 0 Å². The maximum atomic E-state index is 11.6. The van der Waals surface area contributed by atoms with Crippen molar-refractivity contribution >= 4 is 17.5 Å². The summed E-state index contributed by atoms with van der Waals surface area (Å²) in [6.45, 7) is 6.51. The van der Waals surface area contributed by atoms with E-state index in [1.165, 1.54) is 0 Å². The van der Waals surface area contributed by atoms with Crippen molar-refractivity contribution in [3.8, 4) is 0 Å². The van der Waals surface area contributed by atoms with Gasteiger partial charge in [-0.2, -0.15) is 0 Å². The average Bonchev–Trinajstić information content (AvgIpc) is 2.23. The molecule has 0 aliphatic heterocycles. The summed E-state index contributed by atoms with van der Waals surface area (Å²) in [7, 11) is 0. The number of nitrogens with one attached hydrogen (secondary N) is 1. The van der Waals surface area contributed by atoms with E-state index >= 15 is 0 Å². The van der Waals surface area contributed by atoms with E-state index in [-0.39, 0.29) is 12.5 Å². The van der Waals surface area contributed by atoms with E-state index in [1.807, 2.05) is 20.8 Å². The first-order chi connectivity index (χ1) is 6.94. The van der Waals surface area contributed by atoms with Gasteiger partial charge < -0.3 is 10.4 Å². The van der Waals surface area contributed by atoms with Crippen LogP contribution in [0.3, 0.4) is 0 Å². The standard InChI is InChI=1S/C11H22ClNO2/c1-9(7-14)5-4-6-13-10(15)11(2,3)8-12/h9,14H,4-8H2,1-3H3,(H,13,15). The van der Waals surface area contributed by atoms with Gasteiger partial charge in [0.05, 0.1) is 5.41 Å². The molecule has 0 saturated heterocycles. The number of aliphatic hydroxyl groups is 1. The Bertz CT molecular complexity index is 195. The van der Waals surface area contributed by atoms with E-state index < -0.39 is 5.41 Å². The van der Waals surface area contributed by atoms with E-state index in [4.69, 9.17) is 16.7 Å². The van der Waals surface area contributed by atoms with Gasteiger partial charge >= 0.3 is 0 Å². The van der Waals surface area contributed by atoms with Crippen LogP contribution in [0.15, 0.2) is 0 Å². The Morgan fingerprint density at radius 3 is 2.60 bits per heavy atom. The van der Waals surface area contributed by atoms with E-state index in [1.54, 1.807) is 0 Å². The normalized spacial score (nSPS) is 13.7. The molecule has 0 saturated carbocycles. The zero-order valence-corrected chi connectivity index (χ0v) is 10.6. The minimum atomic E-state index is -0.496. The number of hydrogen-bond donors (Lipinski definition) is 2. The lowest BCUT2D eigenvalue weighted by atomic mass is 9.95. The SMILES string of the molecule is CC(CO)CCCNC(=O)C(C)(C)CCl. The van der Waals surface area contributed by atoms with Crippen LogP contribution in [0.1, 0.15) is 33.6 Å². The van der Waals surface area contributed by atoms with E-state index in [9.17, 15) is 4.79 Å². The molecule has 2 N–H and O–H groups in total. The van der Waals surface area contributed by atoms with Crippen molar-refractivity contribution in [2.24, 2.45) is 11.3 Å². The van der Waals surface area contributed by atoms with Crippen molar-refractivity contribution < 1.29 is 9.90 Å². The molecule has 0 fully saturated rings. The number of rotatable bonds is 7. The number of carbonyl (C=O) groups excluding carboxylic acids is 1. The van der Waals surface area contributed by atoms with Crippen molar-refractivity contribution in [3.63, 3.8) is 0 Å². The number of hydrogen-bond acceptors (Lipinski definition) is 2. The lowest BCUT2D eigenvalue weighted by Crippen LogP contribution is -2.38. The lowest BCUT2D eigenvalue weighted by molar-refractivity contribution is -0.128. The maximum Gasteiger partial charge on any atom is 0.226 e. The van der Waals surface area contributed by atoms with Crippen molar-refractivity contribution in [1.29, 1.82) is 0 Å². The van der Waals surface area contributed by atoms with Crippen LogP contribution in [0.2, 0.25) is 0 Å². The van der Waals surface area contributed by atoms with Gasteiger partial charge in [-0.15, -0.1) is 11.6 Å². The van der Waals surface area contributed by atoms with E-state index in [2.05, 4.69) is 5.32 Å². The number of alkyl halides is 1. The minimum Gasteiger partial charge on any atom is -0.396 e. The molecule has 90 valence electrons. The van der Waals surface area contributed by atoms with Crippen LogP contribution in [-0.2, 0) is 4.79 Å². The quantitative estimate of drug-likeness (QED) is 0.522. The van der Waals surface area contributed by atoms with Crippen LogP contribution in [0, 0.1) is 11.3 Å². The Kier molecular flexibility index (Phi) is 6.94. The fourth-order valence-electron chi connectivity index (χ4n) is 1.04. The molecule has 0 aromatic carbocycles. The molecule has 0 heterocycles. The van der Waals surface area contributed by atoms with Gasteiger partial charge in [0.25, 0.3) is 0 Å². The highest BCUT2D eigenvalue weighted by atomic mass is 35.5. The highest BCUT2D eigenvalue weighted by Crippen LogP contribution is 2.16. The Morgan fingerprint density at radius 2 is 2.13 bits per heavy atom. The summed E-state index contributed by atoms with van der Waals surface area (Å²) in [5.41, 5.74) is -0.496. The van der Waals surface area contributed by atoms with Crippen LogP contribution >= 0.6 is 11.6 Å². The van der Waals surface area contributed by atoms with Gasteiger partial charge in [-0.1, -0.05) is 6.92 Å². The molecule has 0 aromatic heterocycles. The second-order valence-electron chi connectivity index (χ2n) is 4.70. The zero-order valence-electron chi connectivity index (χ0n) is 9.85. The average molecular weight is 236 g/mol. The van der Waals surface area contributed by atoms with E-state index in [0.29, 0.717) is 18.3 Å². The van der Waals surface area contributed by atoms with Gasteiger partial charge in [-0.25, -0.2) is 0 Å². The van der Waals surface area contributed by atoms with Crippen LogP contribution in [0.5, 0.6) is 0 Å². The largest absolute Gasteiger partial charge is 0.396 e. The second-order valence-corrected chi connectivity index (χ2v) is 4.97. The highest BCUT2D eigenvalue weighted by molar-refractivity contribution is 6.19. The Labute approximate surface area is 97.2 Å². The number of amides is 1. The molecular weight excluding hydrogens is 214 g/mol. The third-order valence-electron chi connectivity index (χ3n) is 2.42. The minimum absolute atomic E-state index is 0.00542. The third-order valence-corrected chi connectivity index (χ3v) is 3.09. The fraction of sp³-hybridized carbons (Fsp3) is 0.909. The molecule has 0 aliphatic carbocycles. The van der Waals surface area contributed by atoms with Crippen LogP contribution in [0.25, 0.3) is 0 Å². The van der Waals surface area contributed by atoms with Gasteiger partial charge in [0.1, 0.15) is 0 Å². The van der Waals surface area contributed by atoms with Crippen molar-refractivity contribution in [2.75, 3.05) is 19.0 Å². The molecule has 0 rings (SSSR count). The maximum absolute atomic E-state index is 11.6. The molecule has 0 radical (unpaired) electrons. The summed E-state index contributed by atoms with van der Waals surface area (Å²) < 4.78 is 0. The molecule has 1 atom stereocenters. The highest BCUT2D eigenvalue weighted by Gasteiger charge is 2.25. The fourth-order valence-corrected chi connectivity index (χ4v) is 1.17. The van der Waals surface area contributed by atoms with Crippen molar-refractivity contribution in [3.05, 3.63) is 0 Å². The molecule has 0 aromatic rings. The van der Waals surface area contributed by atoms with Gasteiger partial charge in [0.2, 0.25) is 5.91 Å². The molecule has 4 heteroatoms. The van der Waals surface area contributed by atoms with Crippen LogP contribution in [-0.4, -0.2) is 30.0 Å². The molecule has 0 spiro atoms. The first-order valence-corrected chi connectivity index (χ1v) is 5.92. The van der Waals surface area contributed by atoms with Gasteiger partial charge in [-0.3, -0.25) is 4.79 Å². The molecule has 0 aliphatic rings. The van der Waals surface area contributed by atoms with Crippen molar-refractivity contribution in [1.82, 2.24) is 5.32 Å². The number of carbonyl (C=O) groups is 1. The van der Waals surface area contributed by atoms with Gasteiger partial charge in [0, 0.05) is 19.0 Å². The summed E-state index contributed by atoms with van der Waals surface area (Å²) in [5.74, 6) is 0.628. The second kappa shape index (κ2) is 7.07. The monoisotopic (exact) mass is 235 g/mol. The van der Waals surface area contributed by atoms with Crippen LogP contribution < -0.4 is 5.32 Å². The topological polar surface area (TPSA) is 49.3 Å². The summed E-state index contributed by atoms with van der Waals surface area (Å²) in [5, 5.41) is 11.7. The van der Waals surface area contributed by atoms with Gasteiger partial charge in [0.15, 0.2) is 0 Å². The molecular formula is C11H22ClNO2. The summed E-state index contributed by atoms with van der Waals surface area (Å²) in [4.78, 5) is 11.6. The first kappa shape index (κ1) is 14.7. The summed E-state index contributed by atoms with van der Waals surface area (Å²) in [6, 6.07) is 0. The third kappa shape index (κ3) is 6.00. The number of aliphatic hydroxyl groups excluding tert-OH is 1. The molecule has 0 bridgehead atoms. The first-order valence-electron chi connectivity index (χ1n) is 5.39. The predicted octanol–water partition coefficient (Wildman–Crippen LogP) is 1.78. The van der Waals surface area contributed by atoms with Gasteiger partial charge in [-0.05, 0) is 32.6 Å². The molecule has 1 amide bonds. The molecule has 1 unspecified atom stereocenters.